The molecule has 1 N–H and O–H groups in total. The molecular formula is C16H18ClNO3S. The molecule has 0 aliphatic heterocycles. The highest BCUT2D eigenvalue weighted by molar-refractivity contribution is 7.16. The van der Waals surface area contributed by atoms with Crippen LogP contribution in [0.4, 0.5) is 0 Å². The van der Waals surface area contributed by atoms with E-state index < -0.39 is 0 Å². The molecule has 6 heteroatoms. The number of amides is 1. The Labute approximate surface area is 139 Å². The van der Waals surface area contributed by atoms with Gasteiger partial charge < -0.3 is 14.8 Å². The van der Waals surface area contributed by atoms with Crippen LogP contribution in [0.3, 0.4) is 0 Å². The Hall–Kier alpha value is -1.56. The number of halogens is 1. The molecule has 0 bridgehead atoms. The van der Waals surface area contributed by atoms with Crippen molar-refractivity contribution in [2.24, 2.45) is 0 Å². The number of para-hydroxylation sites is 1. The van der Waals surface area contributed by atoms with Crippen molar-refractivity contribution in [1.82, 2.24) is 5.32 Å². The van der Waals surface area contributed by atoms with E-state index >= 15 is 0 Å². The van der Waals surface area contributed by atoms with E-state index in [1.54, 1.807) is 7.11 Å². The number of rotatable bonds is 7. The summed E-state index contributed by atoms with van der Waals surface area (Å²) in [6, 6.07) is 11.3. The van der Waals surface area contributed by atoms with Crippen LogP contribution in [0, 0.1) is 6.92 Å². The van der Waals surface area contributed by atoms with Crippen molar-refractivity contribution in [1.29, 1.82) is 0 Å². The third-order valence-corrected chi connectivity index (χ3v) is 4.46. The zero-order chi connectivity index (χ0) is 15.9. The molecule has 0 aliphatic rings. The number of hydrogen-bond acceptors (Lipinski definition) is 4. The van der Waals surface area contributed by atoms with Crippen LogP contribution in [0.2, 0.25) is 4.34 Å². The number of nitrogens with one attached hydrogen (secondary N) is 1. The Morgan fingerprint density at radius 3 is 2.73 bits per heavy atom. The van der Waals surface area contributed by atoms with Gasteiger partial charge in [0.1, 0.15) is 11.9 Å². The fraction of sp³-hybridized carbons (Fsp3) is 0.312. The number of aryl methyl sites for hydroxylation is 1. The van der Waals surface area contributed by atoms with Gasteiger partial charge in [0.05, 0.1) is 4.34 Å². The van der Waals surface area contributed by atoms with Crippen LogP contribution in [0.15, 0.2) is 36.4 Å². The van der Waals surface area contributed by atoms with Gasteiger partial charge in [-0.3, -0.25) is 4.79 Å². The second-order valence-electron chi connectivity index (χ2n) is 4.72. The van der Waals surface area contributed by atoms with Crippen molar-refractivity contribution in [2.45, 2.75) is 13.0 Å². The van der Waals surface area contributed by atoms with E-state index in [2.05, 4.69) is 5.32 Å². The van der Waals surface area contributed by atoms with Gasteiger partial charge in [-0.05, 0) is 30.7 Å². The van der Waals surface area contributed by atoms with Crippen molar-refractivity contribution in [3.63, 3.8) is 0 Å². The molecule has 1 heterocycles. The summed E-state index contributed by atoms with van der Waals surface area (Å²) >= 11 is 7.35. The lowest BCUT2D eigenvalue weighted by Gasteiger charge is -2.15. The zero-order valence-electron chi connectivity index (χ0n) is 12.5. The Balaban J connectivity index is 1.81. The Kier molecular flexibility index (Phi) is 6.24. The lowest BCUT2D eigenvalue weighted by molar-refractivity contribution is -0.123. The molecule has 1 unspecified atom stereocenters. The topological polar surface area (TPSA) is 47.6 Å². The predicted octanol–water partition coefficient (Wildman–Crippen LogP) is 3.59. The van der Waals surface area contributed by atoms with Crippen LogP contribution in [-0.4, -0.2) is 26.2 Å². The number of carbonyl (C=O) groups excluding carboxylic acids is 1. The quantitative estimate of drug-likeness (QED) is 0.838. The van der Waals surface area contributed by atoms with Crippen molar-refractivity contribution in [2.75, 3.05) is 20.3 Å². The maximum atomic E-state index is 11.9. The number of ether oxygens (including phenoxy) is 2. The minimum absolute atomic E-state index is 0.0213. The fourth-order valence-electron chi connectivity index (χ4n) is 1.92. The summed E-state index contributed by atoms with van der Waals surface area (Å²) in [7, 11) is 1.61. The summed E-state index contributed by atoms with van der Waals surface area (Å²) in [5.41, 5.74) is 0.998. The lowest BCUT2D eigenvalue weighted by Crippen LogP contribution is -2.32. The summed E-state index contributed by atoms with van der Waals surface area (Å²) in [5, 5.41) is 2.81. The normalized spacial score (nSPS) is 12.0. The highest BCUT2D eigenvalue weighted by Gasteiger charge is 2.14. The maximum absolute atomic E-state index is 11.9. The maximum Gasteiger partial charge on any atom is 0.258 e. The van der Waals surface area contributed by atoms with Crippen LogP contribution < -0.4 is 10.1 Å². The van der Waals surface area contributed by atoms with E-state index in [0.29, 0.717) is 16.6 Å². The highest BCUT2D eigenvalue weighted by atomic mass is 35.5. The number of carbonyl (C=O) groups is 1. The second-order valence-corrected chi connectivity index (χ2v) is 6.47. The van der Waals surface area contributed by atoms with Gasteiger partial charge in [0.15, 0.2) is 6.61 Å². The molecule has 0 saturated heterocycles. The Bertz CT molecular complexity index is 629. The van der Waals surface area contributed by atoms with Crippen LogP contribution in [0.5, 0.6) is 5.75 Å². The monoisotopic (exact) mass is 339 g/mol. The number of thiophene rings is 1. The molecule has 0 aliphatic carbocycles. The molecule has 1 amide bonds. The van der Waals surface area contributed by atoms with Gasteiger partial charge in [-0.1, -0.05) is 29.8 Å². The number of methoxy groups -OCH3 is 1. The molecule has 2 aromatic rings. The molecule has 2 rings (SSSR count). The minimum Gasteiger partial charge on any atom is -0.484 e. The smallest absolute Gasteiger partial charge is 0.258 e. The van der Waals surface area contributed by atoms with E-state index in [1.807, 2.05) is 43.3 Å². The average Bonchev–Trinajstić information content (AvgIpc) is 2.93. The largest absolute Gasteiger partial charge is 0.484 e. The first kappa shape index (κ1) is 16.8. The van der Waals surface area contributed by atoms with Gasteiger partial charge in [0.25, 0.3) is 5.91 Å². The van der Waals surface area contributed by atoms with E-state index in [1.165, 1.54) is 11.3 Å². The first-order valence-electron chi connectivity index (χ1n) is 6.83. The SMILES string of the molecule is COC(CNC(=O)COc1ccccc1C)c1ccc(Cl)s1. The second kappa shape index (κ2) is 8.17. The van der Waals surface area contributed by atoms with Crippen molar-refractivity contribution < 1.29 is 14.3 Å². The minimum atomic E-state index is -0.208. The molecule has 0 fully saturated rings. The van der Waals surface area contributed by atoms with Gasteiger partial charge in [-0.25, -0.2) is 0 Å². The Morgan fingerprint density at radius 2 is 2.09 bits per heavy atom. The average molecular weight is 340 g/mol. The van der Waals surface area contributed by atoms with Crippen LogP contribution >= 0.6 is 22.9 Å². The molecule has 0 spiro atoms. The third-order valence-electron chi connectivity index (χ3n) is 3.13. The molecule has 1 aromatic carbocycles. The molecule has 1 atom stereocenters. The molecule has 4 nitrogen and oxygen atoms in total. The van der Waals surface area contributed by atoms with Crippen molar-refractivity contribution in [3.05, 3.63) is 51.2 Å². The zero-order valence-corrected chi connectivity index (χ0v) is 14.0. The van der Waals surface area contributed by atoms with E-state index in [-0.39, 0.29) is 18.6 Å². The van der Waals surface area contributed by atoms with Crippen molar-refractivity contribution in [3.8, 4) is 5.75 Å². The standard InChI is InChI=1S/C16H18ClNO3S/c1-11-5-3-4-6-12(11)21-10-16(19)18-9-13(20-2)14-7-8-15(17)22-14/h3-8,13H,9-10H2,1-2H3,(H,18,19). The lowest BCUT2D eigenvalue weighted by atomic mass is 10.2. The first-order chi connectivity index (χ1) is 10.6. The van der Waals surface area contributed by atoms with Crippen molar-refractivity contribution >= 4 is 28.8 Å². The Morgan fingerprint density at radius 1 is 1.32 bits per heavy atom. The first-order valence-corrected chi connectivity index (χ1v) is 8.02. The molecule has 118 valence electrons. The van der Waals surface area contributed by atoms with Gasteiger partial charge >= 0.3 is 0 Å². The number of benzene rings is 1. The van der Waals surface area contributed by atoms with Crippen LogP contribution in [0.25, 0.3) is 0 Å². The molecule has 0 radical (unpaired) electrons. The van der Waals surface area contributed by atoms with Crippen LogP contribution in [0.1, 0.15) is 16.5 Å². The van der Waals surface area contributed by atoms with Gasteiger partial charge in [0.2, 0.25) is 0 Å². The summed E-state index contributed by atoms with van der Waals surface area (Å²) in [6.45, 7) is 2.30. The predicted molar refractivity (Wildman–Crippen MR) is 88.8 cm³/mol. The molecule has 22 heavy (non-hydrogen) atoms. The van der Waals surface area contributed by atoms with E-state index in [0.717, 1.165) is 10.4 Å². The number of hydrogen-bond donors (Lipinski definition) is 1. The third kappa shape index (κ3) is 4.73. The van der Waals surface area contributed by atoms with E-state index in [9.17, 15) is 4.79 Å². The van der Waals surface area contributed by atoms with E-state index in [4.69, 9.17) is 21.1 Å². The van der Waals surface area contributed by atoms with Gasteiger partial charge in [0, 0.05) is 18.5 Å². The van der Waals surface area contributed by atoms with Crippen LogP contribution in [-0.2, 0) is 9.53 Å². The van der Waals surface area contributed by atoms with Gasteiger partial charge in [-0.15, -0.1) is 11.3 Å². The highest BCUT2D eigenvalue weighted by Crippen LogP contribution is 2.28. The van der Waals surface area contributed by atoms with Gasteiger partial charge in [-0.2, -0.15) is 0 Å². The fourth-order valence-corrected chi connectivity index (χ4v) is 3.06. The summed E-state index contributed by atoms with van der Waals surface area (Å²) in [6.07, 6.45) is -0.208. The molecular weight excluding hydrogens is 322 g/mol. The summed E-state index contributed by atoms with van der Waals surface area (Å²) in [5.74, 6) is 0.527. The summed E-state index contributed by atoms with van der Waals surface area (Å²) in [4.78, 5) is 12.8. The summed E-state index contributed by atoms with van der Waals surface area (Å²) < 4.78 is 11.6. The molecule has 1 aromatic heterocycles. The molecule has 0 saturated carbocycles.